The van der Waals surface area contributed by atoms with Crippen LogP contribution in [0.2, 0.25) is 0 Å². The summed E-state index contributed by atoms with van der Waals surface area (Å²) in [6.45, 7) is 10.2. The number of anilines is 1. The predicted octanol–water partition coefficient (Wildman–Crippen LogP) is 3.42. The molecule has 0 aliphatic heterocycles. The van der Waals surface area contributed by atoms with Crippen molar-refractivity contribution in [3.05, 3.63) is 35.2 Å². The lowest BCUT2D eigenvalue weighted by Crippen LogP contribution is -2.10. The maximum absolute atomic E-state index is 6.25. The molecule has 0 atom stereocenters. The molecule has 0 bridgehead atoms. The Morgan fingerprint density at radius 2 is 2.00 bits per heavy atom. The number of nitrogens with two attached hydrogens (primary N) is 1. The SMILES string of the molecule is CCc1c(C)nn(-c2cccc(OC(C)C)c2N)c1C. The molecule has 2 aromatic rings. The lowest BCUT2D eigenvalue weighted by molar-refractivity contribution is 0.244. The van der Waals surface area contributed by atoms with Gasteiger partial charge in [-0.2, -0.15) is 5.10 Å². The monoisotopic (exact) mass is 273 g/mol. The van der Waals surface area contributed by atoms with Gasteiger partial charge in [0, 0.05) is 5.69 Å². The second-order valence-corrected chi connectivity index (χ2v) is 5.27. The summed E-state index contributed by atoms with van der Waals surface area (Å²) in [5.41, 5.74) is 11.2. The molecular formula is C16H23N3O. The van der Waals surface area contributed by atoms with Crippen molar-refractivity contribution in [2.75, 3.05) is 5.73 Å². The van der Waals surface area contributed by atoms with Gasteiger partial charge in [0.1, 0.15) is 11.4 Å². The van der Waals surface area contributed by atoms with Gasteiger partial charge < -0.3 is 10.5 Å². The van der Waals surface area contributed by atoms with Crippen LogP contribution in [0.1, 0.15) is 37.7 Å². The summed E-state index contributed by atoms with van der Waals surface area (Å²) < 4.78 is 7.66. The number of rotatable bonds is 4. The van der Waals surface area contributed by atoms with Crippen LogP contribution in [-0.4, -0.2) is 15.9 Å². The minimum Gasteiger partial charge on any atom is -0.489 e. The number of benzene rings is 1. The van der Waals surface area contributed by atoms with Gasteiger partial charge in [0.2, 0.25) is 0 Å². The first-order chi connectivity index (χ1) is 9.45. The topological polar surface area (TPSA) is 53.1 Å². The van der Waals surface area contributed by atoms with Gasteiger partial charge in [0.05, 0.1) is 17.5 Å². The molecule has 0 radical (unpaired) electrons. The zero-order chi connectivity index (χ0) is 14.9. The predicted molar refractivity (Wildman–Crippen MR) is 82.6 cm³/mol. The Balaban J connectivity index is 2.53. The molecule has 20 heavy (non-hydrogen) atoms. The van der Waals surface area contributed by atoms with Gasteiger partial charge in [0.25, 0.3) is 0 Å². The summed E-state index contributed by atoms with van der Waals surface area (Å²) in [4.78, 5) is 0. The zero-order valence-corrected chi connectivity index (χ0v) is 12.9. The third-order valence-corrected chi connectivity index (χ3v) is 3.43. The van der Waals surface area contributed by atoms with Crippen LogP contribution < -0.4 is 10.5 Å². The van der Waals surface area contributed by atoms with E-state index in [4.69, 9.17) is 10.5 Å². The summed E-state index contributed by atoms with van der Waals surface area (Å²) in [5, 5.41) is 4.61. The van der Waals surface area contributed by atoms with Crippen molar-refractivity contribution in [2.24, 2.45) is 0 Å². The van der Waals surface area contributed by atoms with E-state index in [0.29, 0.717) is 11.4 Å². The summed E-state index contributed by atoms with van der Waals surface area (Å²) in [5.74, 6) is 0.711. The Kier molecular flexibility index (Phi) is 4.02. The molecule has 0 aliphatic rings. The average molecular weight is 273 g/mol. The number of aromatic nitrogens is 2. The highest BCUT2D eigenvalue weighted by Gasteiger charge is 2.15. The van der Waals surface area contributed by atoms with Crippen LogP contribution in [-0.2, 0) is 6.42 Å². The Morgan fingerprint density at radius 3 is 2.55 bits per heavy atom. The van der Waals surface area contributed by atoms with Crippen LogP contribution in [0.15, 0.2) is 18.2 Å². The second kappa shape index (κ2) is 5.57. The minimum absolute atomic E-state index is 0.0965. The van der Waals surface area contributed by atoms with Crippen LogP contribution in [0.4, 0.5) is 5.69 Å². The fraction of sp³-hybridized carbons (Fsp3) is 0.438. The highest BCUT2D eigenvalue weighted by Crippen LogP contribution is 2.30. The Bertz CT molecular complexity index is 614. The first kappa shape index (κ1) is 14.4. The molecule has 0 aliphatic carbocycles. The highest BCUT2D eigenvalue weighted by atomic mass is 16.5. The van der Waals surface area contributed by atoms with E-state index in [1.807, 2.05) is 43.7 Å². The third kappa shape index (κ3) is 2.50. The van der Waals surface area contributed by atoms with Gasteiger partial charge >= 0.3 is 0 Å². The van der Waals surface area contributed by atoms with Gasteiger partial charge in [0.15, 0.2) is 0 Å². The molecule has 0 amide bonds. The van der Waals surface area contributed by atoms with E-state index in [-0.39, 0.29) is 6.10 Å². The lowest BCUT2D eigenvalue weighted by atomic mass is 10.1. The van der Waals surface area contributed by atoms with Crippen LogP contribution >= 0.6 is 0 Å². The van der Waals surface area contributed by atoms with Crippen molar-refractivity contribution in [1.29, 1.82) is 0 Å². The lowest BCUT2D eigenvalue weighted by Gasteiger charge is -2.15. The normalized spacial score (nSPS) is 11.1. The average Bonchev–Trinajstić information content (AvgIpc) is 2.66. The standard InChI is InChI=1S/C16H23N3O/c1-6-13-11(4)18-19(12(13)5)14-8-7-9-15(16(14)17)20-10(2)3/h7-10H,6,17H2,1-5H3. The molecule has 1 aromatic carbocycles. The highest BCUT2D eigenvalue weighted by molar-refractivity contribution is 5.66. The second-order valence-electron chi connectivity index (χ2n) is 5.27. The number of ether oxygens (including phenoxy) is 1. The van der Waals surface area contributed by atoms with Gasteiger partial charge in [-0.1, -0.05) is 13.0 Å². The van der Waals surface area contributed by atoms with E-state index in [2.05, 4.69) is 18.9 Å². The van der Waals surface area contributed by atoms with E-state index in [1.54, 1.807) is 0 Å². The number of nitrogens with zero attached hydrogens (tertiary/aromatic N) is 2. The van der Waals surface area contributed by atoms with Crippen LogP contribution in [0.3, 0.4) is 0 Å². The van der Waals surface area contributed by atoms with Gasteiger partial charge in [-0.05, 0) is 51.8 Å². The smallest absolute Gasteiger partial charge is 0.144 e. The van der Waals surface area contributed by atoms with E-state index in [1.165, 1.54) is 5.56 Å². The maximum Gasteiger partial charge on any atom is 0.144 e. The van der Waals surface area contributed by atoms with E-state index in [0.717, 1.165) is 23.5 Å². The Morgan fingerprint density at radius 1 is 1.30 bits per heavy atom. The maximum atomic E-state index is 6.25. The molecule has 0 unspecified atom stereocenters. The van der Waals surface area contributed by atoms with Crippen molar-refractivity contribution in [2.45, 2.75) is 47.1 Å². The molecule has 4 heteroatoms. The van der Waals surface area contributed by atoms with E-state index >= 15 is 0 Å². The van der Waals surface area contributed by atoms with E-state index < -0.39 is 0 Å². The van der Waals surface area contributed by atoms with Gasteiger partial charge in [-0.3, -0.25) is 0 Å². The first-order valence-corrected chi connectivity index (χ1v) is 7.06. The number of hydrogen-bond acceptors (Lipinski definition) is 3. The molecule has 2 rings (SSSR count). The van der Waals surface area contributed by atoms with Crippen LogP contribution in [0, 0.1) is 13.8 Å². The summed E-state index contributed by atoms with van der Waals surface area (Å²) in [6, 6.07) is 5.82. The fourth-order valence-electron chi connectivity index (χ4n) is 2.50. The Labute approximate surface area is 120 Å². The van der Waals surface area contributed by atoms with E-state index in [9.17, 15) is 0 Å². The molecule has 0 saturated heterocycles. The molecule has 4 nitrogen and oxygen atoms in total. The first-order valence-electron chi connectivity index (χ1n) is 7.06. The summed E-state index contributed by atoms with van der Waals surface area (Å²) >= 11 is 0. The van der Waals surface area contributed by atoms with Crippen molar-refractivity contribution in [3.8, 4) is 11.4 Å². The number of para-hydroxylation sites is 1. The molecule has 2 N–H and O–H groups in total. The van der Waals surface area contributed by atoms with Crippen LogP contribution in [0.5, 0.6) is 5.75 Å². The van der Waals surface area contributed by atoms with Crippen molar-refractivity contribution in [3.63, 3.8) is 0 Å². The summed E-state index contributed by atoms with van der Waals surface area (Å²) in [7, 11) is 0. The quantitative estimate of drug-likeness (QED) is 0.868. The molecule has 108 valence electrons. The van der Waals surface area contributed by atoms with Crippen molar-refractivity contribution in [1.82, 2.24) is 9.78 Å². The molecule has 1 heterocycles. The van der Waals surface area contributed by atoms with Crippen molar-refractivity contribution < 1.29 is 4.74 Å². The van der Waals surface area contributed by atoms with Gasteiger partial charge in [-0.25, -0.2) is 4.68 Å². The van der Waals surface area contributed by atoms with Crippen molar-refractivity contribution >= 4 is 5.69 Å². The zero-order valence-electron chi connectivity index (χ0n) is 12.9. The minimum atomic E-state index is 0.0965. The number of hydrogen-bond donors (Lipinski definition) is 1. The van der Waals surface area contributed by atoms with Gasteiger partial charge in [-0.15, -0.1) is 0 Å². The largest absolute Gasteiger partial charge is 0.489 e. The third-order valence-electron chi connectivity index (χ3n) is 3.43. The molecule has 0 spiro atoms. The molecule has 0 fully saturated rings. The Hall–Kier alpha value is -1.97. The van der Waals surface area contributed by atoms with Crippen LogP contribution in [0.25, 0.3) is 5.69 Å². The molecule has 0 saturated carbocycles. The molecular weight excluding hydrogens is 250 g/mol. The molecule has 1 aromatic heterocycles. The summed E-state index contributed by atoms with van der Waals surface area (Å²) in [6.07, 6.45) is 1.07. The number of aryl methyl sites for hydroxylation is 1. The number of nitrogen functional groups attached to an aromatic ring is 1. The fourth-order valence-corrected chi connectivity index (χ4v) is 2.50.